The smallest absolute Gasteiger partial charge is 0.226 e. The molecule has 3 saturated heterocycles. The molecule has 1 amide bonds. The summed E-state index contributed by atoms with van der Waals surface area (Å²) in [6.45, 7) is 6.24. The van der Waals surface area contributed by atoms with Crippen LogP contribution in [0.1, 0.15) is 44.1 Å². The van der Waals surface area contributed by atoms with E-state index in [1.54, 1.807) is 7.11 Å². The molecule has 0 saturated carbocycles. The highest BCUT2D eigenvalue weighted by Gasteiger charge is 2.29. The van der Waals surface area contributed by atoms with E-state index in [1.807, 2.05) is 29.2 Å². The molecule has 0 atom stereocenters. The summed E-state index contributed by atoms with van der Waals surface area (Å²) >= 11 is 0. The van der Waals surface area contributed by atoms with Crippen molar-refractivity contribution in [1.82, 2.24) is 9.80 Å². The number of hydrogen-bond acceptors (Lipinski definition) is 5. The lowest BCUT2D eigenvalue weighted by molar-refractivity contribution is -0.129. The predicted molar refractivity (Wildman–Crippen MR) is 139 cm³/mol. The summed E-state index contributed by atoms with van der Waals surface area (Å²) in [7, 11) is 1.70. The third-order valence-electron chi connectivity index (χ3n) is 7.94. The monoisotopic (exact) mass is 477 g/mol. The Bertz CT molecular complexity index is 957. The fourth-order valence-electron chi connectivity index (χ4n) is 5.82. The number of ether oxygens (including phenoxy) is 2. The molecule has 3 aliphatic rings. The quantitative estimate of drug-likeness (QED) is 0.593. The van der Waals surface area contributed by atoms with Crippen LogP contribution < -0.4 is 14.4 Å². The number of methoxy groups -OCH3 is 1. The highest BCUT2D eigenvalue weighted by molar-refractivity contribution is 5.79. The van der Waals surface area contributed by atoms with Crippen molar-refractivity contribution in [2.75, 3.05) is 51.3 Å². The molecule has 0 bridgehead atoms. The number of hydrogen-bond donors (Lipinski definition) is 0. The molecule has 6 nitrogen and oxygen atoms in total. The molecule has 0 spiro atoms. The van der Waals surface area contributed by atoms with Gasteiger partial charge in [0.1, 0.15) is 6.10 Å². The standard InChI is InChI=1S/C29H39N3O3/c1-34-27-6-2-3-7-28(27)35-26-14-20-31(21-15-26)25-12-18-30(19-13-25)24-10-8-23(9-11-24)22-29(33)32-16-4-5-17-32/h2-3,6-11,25-26H,4-5,12-22H2,1H3. The Kier molecular flexibility index (Phi) is 7.77. The number of carbonyl (C=O) groups is 1. The van der Waals surface area contributed by atoms with Crippen LogP contribution in [0.15, 0.2) is 48.5 Å². The molecular formula is C29H39N3O3. The zero-order valence-corrected chi connectivity index (χ0v) is 21.0. The number of anilines is 1. The van der Waals surface area contributed by atoms with Gasteiger partial charge in [-0.05, 0) is 68.4 Å². The Morgan fingerprint density at radius 1 is 0.829 bits per heavy atom. The van der Waals surface area contributed by atoms with Crippen LogP contribution >= 0.6 is 0 Å². The molecule has 0 radical (unpaired) electrons. The molecule has 2 aromatic carbocycles. The molecule has 5 rings (SSSR count). The van der Waals surface area contributed by atoms with Crippen LogP contribution in [-0.2, 0) is 11.2 Å². The fourth-order valence-corrected chi connectivity index (χ4v) is 5.82. The lowest BCUT2D eigenvalue weighted by Crippen LogP contribution is -2.49. The average Bonchev–Trinajstić information content (AvgIpc) is 3.46. The number of likely N-dealkylation sites (tertiary alicyclic amines) is 2. The van der Waals surface area contributed by atoms with Gasteiger partial charge in [0.05, 0.1) is 13.5 Å². The van der Waals surface area contributed by atoms with E-state index in [4.69, 9.17) is 9.47 Å². The summed E-state index contributed by atoms with van der Waals surface area (Å²) in [5.41, 5.74) is 2.41. The summed E-state index contributed by atoms with van der Waals surface area (Å²) in [5, 5.41) is 0. The zero-order valence-electron chi connectivity index (χ0n) is 21.0. The molecular weight excluding hydrogens is 438 g/mol. The minimum absolute atomic E-state index is 0.263. The van der Waals surface area contributed by atoms with E-state index in [9.17, 15) is 4.79 Å². The van der Waals surface area contributed by atoms with Gasteiger partial charge in [-0.2, -0.15) is 0 Å². The first kappa shape index (κ1) is 24.0. The van der Waals surface area contributed by atoms with Gasteiger partial charge in [0.15, 0.2) is 11.5 Å². The van der Waals surface area contributed by atoms with Crippen molar-refractivity contribution < 1.29 is 14.3 Å². The lowest BCUT2D eigenvalue weighted by atomic mass is 9.98. The largest absolute Gasteiger partial charge is 0.493 e. The second-order valence-corrected chi connectivity index (χ2v) is 10.2. The van der Waals surface area contributed by atoms with Gasteiger partial charge in [0, 0.05) is 51.0 Å². The molecule has 6 heteroatoms. The van der Waals surface area contributed by atoms with Crippen LogP contribution in [0.25, 0.3) is 0 Å². The van der Waals surface area contributed by atoms with Crippen LogP contribution in [0.3, 0.4) is 0 Å². The van der Waals surface area contributed by atoms with Crippen molar-refractivity contribution in [3.63, 3.8) is 0 Å². The maximum atomic E-state index is 12.4. The second-order valence-electron chi connectivity index (χ2n) is 10.2. The lowest BCUT2D eigenvalue weighted by Gasteiger charge is -2.42. The highest BCUT2D eigenvalue weighted by atomic mass is 16.5. The Morgan fingerprint density at radius 3 is 2.14 bits per heavy atom. The van der Waals surface area contributed by atoms with E-state index in [0.717, 1.165) is 82.0 Å². The van der Waals surface area contributed by atoms with Crippen molar-refractivity contribution in [3.8, 4) is 11.5 Å². The van der Waals surface area contributed by atoms with Gasteiger partial charge in [-0.15, -0.1) is 0 Å². The summed E-state index contributed by atoms with van der Waals surface area (Å²) in [4.78, 5) is 19.6. The Hall–Kier alpha value is -2.73. The van der Waals surface area contributed by atoms with Crippen LogP contribution in [0.5, 0.6) is 11.5 Å². The van der Waals surface area contributed by atoms with Crippen LogP contribution in [-0.4, -0.2) is 74.2 Å². The maximum absolute atomic E-state index is 12.4. The van der Waals surface area contributed by atoms with E-state index in [0.29, 0.717) is 12.5 Å². The summed E-state index contributed by atoms with van der Waals surface area (Å²) in [6, 6.07) is 17.3. The van der Waals surface area contributed by atoms with Crippen molar-refractivity contribution >= 4 is 11.6 Å². The molecule has 188 valence electrons. The molecule has 3 fully saturated rings. The second kappa shape index (κ2) is 11.3. The van der Waals surface area contributed by atoms with Gasteiger partial charge in [0.2, 0.25) is 5.91 Å². The van der Waals surface area contributed by atoms with Gasteiger partial charge >= 0.3 is 0 Å². The zero-order chi connectivity index (χ0) is 24.0. The number of rotatable bonds is 7. The van der Waals surface area contributed by atoms with Crippen LogP contribution in [0.4, 0.5) is 5.69 Å². The number of para-hydroxylation sites is 2. The topological polar surface area (TPSA) is 45.3 Å². The minimum atomic E-state index is 0.263. The number of amides is 1. The van der Waals surface area contributed by atoms with E-state index >= 15 is 0 Å². The van der Waals surface area contributed by atoms with Gasteiger partial charge in [0.25, 0.3) is 0 Å². The first-order valence-electron chi connectivity index (χ1n) is 13.3. The van der Waals surface area contributed by atoms with E-state index < -0.39 is 0 Å². The number of nitrogens with zero attached hydrogens (tertiary/aromatic N) is 3. The molecule has 0 aromatic heterocycles. The van der Waals surface area contributed by atoms with Crippen LogP contribution in [0, 0.1) is 0 Å². The Labute approximate surface area is 209 Å². The number of benzene rings is 2. The first-order chi connectivity index (χ1) is 17.2. The molecule has 2 aromatic rings. The molecule has 35 heavy (non-hydrogen) atoms. The molecule has 0 unspecified atom stereocenters. The summed E-state index contributed by atoms with van der Waals surface area (Å²) in [5.74, 6) is 1.94. The Balaban J connectivity index is 1.06. The third kappa shape index (κ3) is 5.92. The minimum Gasteiger partial charge on any atom is -0.493 e. The van der Waals surface area contributed by atoms with E-state index in [1.165, 1.54) is 18.5 Å². The summed E-state index contributed by atoms with van der Waals surface area (Å²) in [6.07, 6.45) is 7.62. The van der Waals surface area contributed by atoms with Crippen molar-refractivity contribution in [1.29, 1.82) is 0 Å². The number of carbonyl (C=O) groups excluding carboxylic acids is 1. The van der Waals surface area contributed by atoms with Crippen molar-refractivity contribution in [3.05, 3.63) is 54.1 Å². The SMILES string of the molecule is COc1ccccc1OC1CCN(C2CCN(c3ccc(CC(=O)N4CCCC4)cc3)CC2)CC1. The first-order valence-corrected chi connectivity index (χ1v) is 13.3. The van der Waals surface area contributed by atoms with Crippen molar-refractivity contribution in [2.24, 2.45) is 0 Å². The van der Waals surface area contributed by atoms with Gasteiger partial charge < -0.3 is 19.3 Å². The van der Waals surface area contributed by atoms with Gasteiger partial charge in [-0.1, -0.05) is 24.3 Å². The number of piperidine rings is 2. The van der Waals surface area contributed by atoms with Crippen LogP contribution in [0.2, 0.25) is 0 Å². The molecule has 0 aliphatic carbocycles. The van der Waals surface area contributed by atoms with E-state index in [2.05, 4.69) is 34.1 Å². The van der Waals surface area contributed by atoms with Crippen molar-refractivity contribution in [2.45, 2.75) is 57.1 Å². The van der Waals surface area contributed by atoms with Gasteiger partial charge in [-0.3, -0.25) is 9.69 Å². The highest BCUT2D eigenvalue weighted by Crippen LogP contribution is 2.30. The molecule has 0 N–H and O–H groups in total. The Morgan fingerprint density at radius 2 is 1.49 bits per heavy atom. The maximum Gasteiger partial charge on any atom is 0.226 e. The fraction of sp³-hybridized carbons (Fsp3) is 0.552. The average molecular weight is 478 g/mol. The normalized spacial score (nSPS) is 20.3. The third-order valence-corrected chi connectivity index (χ3v) is 7.94. The molecule has 3 heterocycles. The predicted octanol–water partition coefficient (Wildman–Crippen LogP) is 4.37. The van der Waals surface area contributed by atoms with Gasteiger partial charge in [-0.25, -0.2) is 0 Å². The van der Waals surface area contributed by atoms with E-state index in [-0.39, 0.29) is 12.0 Å². The summed E-state index contributed by atoms with van der Waals surface area (Å²) < 4.78 is 11.7. The molecule has 3 aliphatic heterocycles.